The van der Waals surface area contributed by atoms with Crippen LogP contribution in [0.4, 0.5) is 4.39 Å². The molecule has 3 aromatic rings. The predicted molar refractivity (Wildman–Crippen MR) is 123 cm³/mol. The number of halogens is 1. The molecule has 7 heteroatoms. The van der Waals surface area contributed by atoms with Crippen molar-refractivity contribution >= 4 is 16.9 Å². The fourth-order valence-electron chi connectivity index (χ4n) is 4.05. The van der Waals surface area contributed by atoms with Gasteiger partial charge in [0.25, 0.3) is 5.91 Å². The second kappa shape index (κ2) is 9.58. The second-order valence-electron chi connectivity index (χ2n) is 8.16. The summed E-state index contributed by atoms with van der Waals surface area (Å²) in [6.07, 6.45) is 2.30. The zero-order valence-electron chi connectivity index (χ0n) is 18.7. The minimum absolute atomic E-state index is 0.00806. The lowest BCUT2D eigenvalue weighted by atomic mass is 9.98. The Bertz CT molecular complexity index is 1250. The minimum atomic E-state index is -0.678. The van der Waals surface area contributed by atoms with Gasteiger partial charge in [-0.15, -0.1) is 0 Å². The first-order valence-corrected chi connectivity index (χ1v) is 10.9. The summed E-state index contributed by atoms with van der Waals surface area (Å²) in [5.74, 6) is -0.336. The number of hydrogen-bond acceptors (Lipinski definition) is 5. The summed E-state index contributed by atoms with van der Waals surface area (Å²) >= 11 is 0. The van der Waals surface area contributed by atoms with E-state index in [1.807, 2.05) is 19.9 Å². The van der Waals surface area contributed by atoms with Crippen molar-refractivity contribution < 1.29 is 23.1 Å². The Labute approximate surface area is 191 Å². The standard InChI is InChI=1S/C26H26FNO5/c1-4-12-32-19-8-5-7-17(14-19)23-22-24(29)20-15-18(27)9-10-21(20)33-25(22)26(30)28(23)11-6-13-31-16(2)3/h4-5,7-10,14-16,23H,1,6,11-13H2,2-3H3. The van der Waals surface area contributed by atoms with Gasteiger partial charge in [0.2, 0.25) is 5.76 Å². The van der Waals surface area contributed by atoms with E-state index in [9.17, 15) is 14.0 Å². The number of amides is 1. The molecular formula is C26H26FNO5. The van der Waals surface area contributed by atoms with Crippen molar-refractivity contribution in [2.24, 2.45) is 0 Å². The highest BCUT2D eigenvalue weighted by molar-refractivity contribution is 5.99. The van der Waals surface area contributed by atoms with Gasteiger partial charge in [-0.25, -0.2) is 4.39 Å². The van der Waals surface area contributed by atoms with E-state index in [0.29, 0.717) is 37.5 Å². The van der Waals surface area contributed by atoms with E-state index in [-0.39, 0.29) is 34.3 Å². The van der Waals surface area contributed by atoms with Gasteiger partial charge in [-0.05, 0) is 56.2 Å². The first-order valence-electron chi connectivity index (χ1n) is 10.9. The maximum absolute atomic E-state index is 13.9. The quantitative estimate of drug-likeness (QED) is 0.343. The van der Waals surface area contributed by atoms with E-state index in [1.165, 1.54) is 12.1 Å². The number of ether oxygens (including phenoxy) is 2. The molecule has 1 aliphatic rings. The average molecular weight is 451 g/mol. The topological polar surface area (TPSA) is 69.0 Å². The number of rotatable bonds is 9. The first kappa shape index (κ1) is 22.7. The number of carbonyl (C=O) groups excluding carboxylic acids is 1. The van der Waals surface area contributed by atoms with Crippen molar-refractivity contribution in [3.05, 3.63) is 88.0 Å². The predicted octanol–water partition coefficient (Wildman–Crippen LogP) is 4.86. The Kier molecular flexibility index (Phi) is 6.60. The van der Waals surface area contributed by atoms with Gasteiger partial charge in [0.1, 0.15) is 23.8 Å². The lowest BCUT2D eigenvalue weighted by Crippen LogP contribution is -2.31. The lowest BCUT2D eigenvalue weighted by molar-refractivity contribution is 0.0593. The molecule has 1 atom stereocenters. The third kappa shape index (κ3) is 4.54. The molecule has 0 saturated carbocycles. The molecule has 1 aromatic heterocycles. The summed E-state index contributed by atoms with van der Waals surface area (Å²) in [7, 11) is 0. The number of benzene rings is 2. The van der Waals surface area contributed by atoms with Crippen LogP contribution in [-0.4, -0.2) is 36.7 Å². The van der Waals surface area contributed by atoms with Crippen molar-refractivity contribution in [2.45, 2.75) is 32.4 Å². The van der Waals surface area contributed by atoms with Crippen LogP contribution in [0.25, 0.3) is 11.0 Å². The molecule has 1 amide bonds. The highest BCUT2D eigenvalue weighted by Gasteiger charge is 2.42. The molecule has 0 N–H and O–H groups in total. The van der Waals surface area contributed by atoms with Crippen LogP contribution in [0.1, 0.15) is 48.0 Å². The fourth-order valence-corrected chi connectivity index (χ4v) is 4.05. The van der Waals surface area contributed by atoms with Crippen LogP contribution in [-0.2, 0) is 4.74 Å². The van der Waals surface area contributed by atoms with Crippen LogP contribution in [0.5, 0.6) is 5.75 Å². The molecule has 0 aliphatic carbocycles. The van der Waals surface area contributed by atoms with Crippen molar-refractivity contribution in [3.8, 4) is 5.75 Å². The van der Waals surface area contributed by atoms with Crippen LogP contribution >= 0.6 is 0 Å². The van der Waals surface area contributed by atoms with Gasteiger partial charge >= 0.3 is 0 Å². The van der Waals surface area contributed by atoms with E-state index in [1.54, 1.807) is 29.2 Å². The number of hydrogen-bond donors (Lipinski definition) is 0. The van der Waals surface area contributed by atoms with Crippen LogP contribution in [0.2, 0.25) is 0 Å². The summed E-state index contributed by atoms with van der Waals surface area (Å²) in [5.41, 5.74) is 0.683. The maximum Gasteiger partial charge on any atom is 0.290 e. The van der Waals surface area contributed by atoms with E-state index < -0.39 is 17.3 Å². The molecule has 0 saturated heterocycles. The maximum atomic E-state index is 13.9. The number of carbonyl (C=O) groups is 1. The van der Waals surface area contributed by atoms with Crippen molar-refractivity contribution in [2.75, 3.05) is 19.8 Å². The minimum Gasteiger partial charge on any atom is -0.490 e. The van der Waals surface area contributed by atoms with Crippen LogP contribution in [0.15, 0.2) is 64.3 Å². The normalized spacial score (nSPS) is 15.3. The molecule has 172 valence electrons. The average Bonchev–Trinajstić information content (AvgIpc) is 3.08. The number of nitrogens with zero attached hydrogens (tertiary/aromatic N) is 1. The van der Waals surface area contributed by atoms with Gasteiger partial charge in [0.05, 0.1) is 23.1 Å². The summed E-state index contributed by atoms with van der Waals surface area (Å²) in [5, 5.41) is 0.107. The first-order chi connectivity index (χ1) is 15.9. The van der Waals surface area contributed by atoms with Gasteiger partial charge < -0.3 is 18.8 Å². The largest absolute Gasteiger partial charge is 0.490 e. The molecule has 1 aliphatic heterocycles. The Morgan fingerprint density at radius 2 is 2.03 bits per heavy atom. The zero-order valence-corrected chi connectivity index (χ0v) is 18.7. The van der Waals surface area contributed by atoms with Crippen LogP contribution in [0, 0.1) is 5.82 Å². The van der Waals surface area contributed by atoms with Gasteiger partial charge in [-0.1, -0.05) is 24.8 Å². The summed E-state index contributed by atoms with van der Waals surface area (Å²) in [6.45, 7) is 8.71. The molecule has 33 heavy (non-hydrogen) atoms. The molecule has 0 bridgehead atoms. The molecular weight excluding hydrogens is 425 g/mol. The van der Waals surface area contributed by atoms with Gasteiger partial charge in [0.15, 0.2) is 5.43 Å². The van der Waals surface area contributed by atoms with Crippen molar-refractivity contribution in [1.82, 2.24) is 4.90 Å². The van der Waals surface area contributed by atoms with E-state index in [0.717, 1.165) is 6.07 Å². The summed E-state index contributed by atoms with van der Waals surface area (Å²) in [4.78, 5) is 28.4. The molecule has 2 aromatic carbocycles. The highest BCUT2D eigenvalue weighted by Crippen LogP contribution is 2.39. The monoisotopic (exact) mass is 451 g/mol. The smallest absolute Gasteiger partial charge is 0.290 e. The van der Waals surface area contributed by atoms with E-state index in [4.69, 9.17) is 13.9 Å². The lowest BCUT2D eigenvalue weighted by Gasteiger charge is -2.25. The molecule has 2 heterocycles. The molecule has 1 unspecified atom stereocenters. The van der Waals surface area contributed by atoms with E-state index in [2.05, 4.69) is 6.58 Å². The van der Waals surface area contributed by atoms with Crippen molar-refractivity contribution in [3.63, 3.8) is 0 Å². The SMILES string of the molecule is C=CCOc1cccc(C2c3c(oc4ccc(F)cc4c3=O)C(=O)N2CCCOC(C)C)c1. The Morgan fingerprint density at radius 1 is 1.21 bits per heavy atom. The Balaban J connectivity index is 1.80. The molecule has 0 spiro atoms. The highest BCUT2D eigenvalue weighted by atomic mass is 19.1. The van der Waals surface area contributed by atoms with Gasteiger partial charge in [0, 0.05) is 13.2 Å². The van der Waals surface area contributed by atoms with Gasteiger partial charge in [-0.3, -0.25) is 9.59 Å². The summed E-state index contributed by atoms with van der Waals surface area (Å²) < 4.78 is 31.0. The summed E-state index contributed by atoms with van der Waals surface area (Å²) in [6, 6.07) is 10.3. The Hall–Kier alpha value is -3.45. The van der Waals surface area contributed by atoms with Crippen molar-refractivity contribution in [1.29, 1.82) is 0 Å². The van der Waals surface area contributed by atoms with Gasteiger partial charge in [-0.2, -0.15) is 0 Å². The third-order valence-electron chi connectivity index (χ3n) is 5.46. The second-order valence-corrected chi connectivity index (χ2v) is 8.16. The van der Waals surface area contributed by atoms with E-state index >= 15 is 0 Å². The Morgan fingerprint density at radius 3 is 2.79 bits per heavy atom. The zero-order chi connectivity index (χ0) is 23.5. The molecule has 0 fully saturated rings. The molecule has 4 rings (SSSR count). The number of fused-ring (bicyclic) bond motifs is 2. The molecule has 6 nitrogen and oxygen atoms in total. The van der Waals surface area contributed by atoms with Crippen LogP contribution < -0.4 is 10.2 Å². The fraction of sp³-hybridized carbons (Fsp3) is 0.308. The molecule has 0 radical (unpaired) electrons. The van der Waals surface area contributed by atoms with Crippen LogP contribution in [0.3, 0.4) is 0 Å². The third-order valence-corrected chi connectivity index (χ3v) is 5.46.